The number of carbonyl (C=O) groups excluding carboxylic acids is 1. The molecule has 2 aromatic carbocycles. The van der Waals surface area contributed by atoms with Crippen LogP contribution in [0.5, 0.6) is 11.5 Å². The molecule has 0 aliphatic carbocycles. The number of methoxy groups -OCH3 is 2. The van der Waals surface area contributed by atoms with Gasteiger partial charge >= 0.3 is 0 Å². The molecule has 0 saturated carbocycles. The summed E-state index contributed by atoms with van der Waals surface area (Å²) in [7, 11) is 3.32. The van der Waals surface area contributed by atoms with Gasteiger partial charge in [-0.05, 0) is 58.7 Å². The maximum Gasteiger partial charge on any atom is 0.237 e. The Labute approximate surface area is 193 Å². The maximum atomic E-state index is 13.6. The topological polar surface area (TPSA) is 42.0 Å². The number of hydrogen-bond acceptors (Lipinski definition) is 5. The van der Waals surface area contributed by atoms with E-state index >= 15 is 0 Å². The second kappa shape index (κ2) is 8.96. The van der Waals surface area contributed by atoms with Crippen LogP contribution in [-0.4, -0.2) is 49.6 Å². The van der Waals surface area contributed by atoms with Gasteiger partial charge in [-0.1, -0.05) is 30.3 Å². The van der Waals surface area contributed by atoms with E-state index in [9.17, 15) is 4.79 Å². The van der Waals surface area contributed by atoms with Crippen LogP contribution in [0.15, 0.2) is 53.9 Å². The number of carbonyl (C=O) groups is 1. The molecule has 166 valence electrons. The second-order valence-electron chi connectivity index (χ2n) is 8.39. The van der Waals surface area contributed by atoms with Crippen LogP contribution in [0, 0.1) is 0 Å². The van der Waals surface area contributed by atoms with Crippen molar-refractivity contribution in [3.63, 3.8) is 0 Å². The smallest absolute Gasteiger partial charge is 0.237 e. The van der Waals surface area contributed by atoms with E-state index in [0.717, 1.165) is 42.8 Å². The lowest BCUT2D eigenvalue weighted by Crippen LogP contribution is -2.46. The van der Waals surface area contributed by atoms with E-state index in [0.29, 0.717) is 18.8 Å². The van der Waals surface area contributed by atoms with Gasteiger partial charge in [0.05, 0.1) is 26.8 Å². The van der Waals surface area contributed by atoms with E-state index in [2.05, 4.69) is 34.5 Å². The molecular weight excluding hydrogens is 420 g/mol. The Morgan fingerprint density at radius 3 is 2.56 bits per heavy atom. The summed E-state index contributed by atoms with van der Waals surface area (Å²) < 4.78 is 11.1. The van der Waals surface area contributed by atoms with E-state index in [1.807, 2.05) is 40.5 Å². The molecule has 5 nitrogen and oxygen atoms in total. The molecule has 32 heavy (non-hydrogen) atoms. The zero-order valence-electron chi connectivity index (χ0n) is 18.5. The van der Waals surface area contributed by atoms with Gasteiger partial charge in [-0.2, -0.15) is 0 Å². The van der Waals surface area contributed by atoms with Crippen LogP contribution >= 0.6 is 11.3 Å². The van der Waals surface area contributed by atoms with Crippen LogP contribution in [0.25, 0.3) is 0 Å². The maximum absolute atomic E-state index is 13.6. The van der Waals surface area contributed by atoms with Gasteiger partial charge in [-0.15, -0.1) is 11.3 Å². The Morgan fingerprint density at radius 2 is 1.78 bits per heavy atom. The van der Waals surface area contributed by atoms with Gasteiger partial charge < -0.3 is 14.4 Å². The molecule has 0 saturated heterocycles. The van der Waals surface area contributed by atoms with Crippen LogP contribution in [0.3, 0.4) is 0 Å². The molecule has 0 N–H and O–H groups in total. The first-order valence-corrected chi connectivity index (χ1v) is 11.9. The highest BCUT2D eigenvalue weighted by Gasteiger charge is 2.34. The fourth-order valence-electron chi connectivity index (χ4n) is 4.93. The number of amides is 1. The zero-order valence-corrected chi connectivity index (χ0v) is 19.4. The van der Waals surface area contributed by atoms with Crippen molar-refractivity contribution < 1.29 is 14.3 Å². The molecule has 5 rings (SSSR count). The number of ether oxygens (including phenoxy) is 2. The molecule has 6 heteroatoms. The first-order chi connectivity index (χ1) is 15.7. The molecule has 1 amide bonds. The minimum atomic E-state index is -0.131. The van der Waals surface area contributed by atoms with Gasteiger partial charge in [0.2, 0.25) is 5.91 Å². The Balaban J connectivity index is 1.46. The summed E-state index contributed by atoms with van der Waals surface area (Å²) in [4.78, 5) is 19.4. The Bertz CT molecular complexity index is 1110. The molecule has 1 atom stereocenters. The third kappa shape index (κ3) is 3.89. The van der Waals surface area contributed by atoms with Gasteiger partial charge in [-0.25, -0.2) is 0 Å². The SMILES string of the molecule is COc1cc2c(cc1OC)C(c1ccccc1)N(C(=O)CN1CCc3sccc3C1)CC2. The Hall–Kier alpha value is -2.83. The van der Waals surface area contributed by atoms with Crippen LogP contribution in [0.1, 0.15) is 33.2 Å². The molecule has 0 spiro atoms. The average molecular weight is 449 g/mol. The van der Waals surface area contributed by atoms with E-state index in [1.54, 1.807) is 14.2 Å². The van der Waals surface area contributed by atoms with Crippen LogP contribution in [0.4, 0.5) is 0 Å². The normalized spacial score (nSPS) is 18.1. The predicted octanol–water partition coefficient (Wildman–Crippen LogP) is 4.30. The van der Waals surface area contributed by atoms with Crippen molar-refractivity contribution >= 4 is 17.2 Å². The Morgan fingerprint density at radius 1 is 1.00 bits per heavy atom. The molecule has 0 fully saturated rings. The third-order valence-electron chi connectivity index (χ3n) is 6.55. The molecule has 1 unspecified atom stereocenters. The molecule has 2 aliphatic heterocycles. The van der Waals surface area contributed by atoms with Gasteiger partial charge in [0.1, 0.15) is 0 Å². The fourth-order valence-corrected chi connectivity index (χ4v) is 5.82. The number of fused-ring (bicyclic) bond motifs is 2. The third-order valence-corrected chi connectivity index (χ3v) is 7.58. The predicted molar refractivity (Wildman–Crippen MR) is 127 cm³/mol. The summed E-state index contributed by atoms with van der Waals surface area (Å²) in [5.74, 6) is 1.61. The van der Waals surface area contributed by atoms with Gasteiger partial charge in [-0.3, -0.25) is 9.69 Å². The minimum Gasteiger partial charge on any atom is -0.493 e. The number of rotatable bonds is 5. The Kier molecular flexibility index (Phi) is 5.89. The van der Waals surface area contributed by atoms with Crippen molar-refractivity contribution in [2.45, 2.75) is 25.4 Å². The molecular formula is C26H28N2O3S. The first kappa shape index (κ1) is 21.0. The fraction of sp³-hybridized carbons (Fsp3) is 0.346. The molecule has 2 aliphatic rings. The highest BCUT2D eigenvalue weighted by Crippen LogP contribution is 2.41. The lowest BCUT2D eigenvalue weighted by Gasteiger charge is -2.39. The molecule has 3 heterocycles. The highest BCUT2D eigenvalue weighted by atomic mass is 32.1. The summed E-state index contributed by atoms with van der Waals surface area (Å²) in [5.41, 5.74) is 4.82. The number of thiophene rings is 1. The summed E-state index contributed by atoms with van der Waals surface area (Å²) in [6.07, 6.45) is 1.83. The summed E-state index contributed by atoms with van der Waals surface area (Å²) in [6.45, 7) is 2.93. The second-order valence-corrected chi connectivity index (χ2v) is 9.39. The van der Waals surface area contributed by atoms with E-state index in [-0.39, 0.29) is 11.9 Å². The summed E-state index contributed by atoms with van der Waals surface area (Å²) >= 11 is 1.83. The highest BCUT2D eigenvalue weighted by molar-refractivity contribution is 7.10. The van der Waals surface area contributed by atoms with Gasteiger partial charge in [0.15, 0.2) is 11.5 Å². The van der Waals surface area contributed by atoms with Crippen molar-refractivity contribution in [2.24, 2.45) is 0 Å². The first-order valence-electron chi connectivity index (χ1n) is 11.0. The largest absolute Gasteiger partial charge is 0.493 e. The average Bonchev–Trinajstić information content (AvgIpc) is 3.30. The van der Waals surface area contributed by atoms with E-state index in [1.165, 1.54) is 16.0 Å². The molecule has 3 aromatic rings. The zero-order chi connectivity index (χ0) is 22.1. The van der Waals surface area contributed by atoms with Crippen molar-refractivity contribution in [1.29, 1.82) is 0 Å². The lowest BCUT2D eigenvalue weighted by atomic mass is 9.87. The quantitative estimate of drug-likeness (QED) is 0.584. The van der Waals surface area contributed by atoms with Crippen molar-refractivity contribution in [1.82, 2.24) is 9.80 Å². The number of benzene rings is 2. The van der Waals surface area contributed by atoms with E-state index in [4.69, 9.17) is 9.47 Å². The molecule has 1 aromatic heterocycles. The standard InChI is InChI=1S/C26H28N2O3S/c1-30-22-14-19-8-12-28(25(29)17-27-11-9-24-20(16-27)10-13-32-24)26(18-6-4-3-5-7-18)21(19)15-23(22)31-2/h3-7,10,13-15,26H,8-9,11-12,16-17H2,1-2H3. The van der Waals surface area contributed by atoms with E-state index < -0.39 is 0 Å². The minimum absolute atomic E-state index is 0.131. The van der Waals surface area contributed by atoms with Crippen LogP contribution < -0.4 is 9.47 Å². The van der Waals surface area contributed by atoms with Crippen molar-refractivity contribution in [3.8, 4) is 11.5 Å². The van der Waals surface area contributed by atoms with Crippen LogP contribution in [0.2, 0.25) is 0 Å². The molecule has 0 bridgehead atoms. The monoisotopic (exact) mass is 448 g/mol. The van der Waals surface area contributed by atoms with Crippen LogP contribution in [-0.2, 0) is 24.2 Å². The van der Waals surface area contributed by atoms with Crippen molar-refractivity contribution in [2.75, 3.05) is 33.9 Å². The van der Waals surface area contributed by atoms with Gasteiger partial charge in [0.25, 0.3) is 0 Å². The number of hydrogen-bond donors (Lipinski definition) is 0. The lowest BCUT2D eigenvalue weighted by molar-refractivity contribution is -0.134. The summed E-state index contributed by atoms with van der Waals surface area (Å²) in [6, 6.07) is 16.5. The van der Waals surface area contributed by atoms with Crippen molar-refractivity contribution in [3.05, 3.63) is 81.0 Å². The number of nitrogens with zero attached hydrogens (tertiary/aromatic N) is 2. The van der Waals surface area contributed by atoms with Gasteiger partial charge in [0, 0.05) is 24.5 Å². The summed E-state index contributed by atoms with van der Waals surface area (Å²) in [5, 5.41) is 2.16. The molecule has 0 radical (unpaired) electrons.